The van der Waals surface area contributed by atoms with Gasteiger partial charge in [-0.25, -0.2) is 0 Å². The number of rotatable bonds is 2. The monoisotopic (exact) mass is 129 g/mol. The van der Waals surface area contributed by atoms with E-state index in [1.54, 1.807) is 0 Å². The van der Waals surface area contributed by atoms with Crippen molar-refractivity contribution in [2.24, 2.45) is 5.92 Å². The molecule has 1 aliphatic heterocycles. The van der Waals surface area contributed by atoms with E-state index < -0.39 is 0 Å². The van der Waals surface area contributed by atoms with Crippen LogP contribution in [0.1, 0.15) is 12.8 Å². The lowest BCUT2D eigenvalue weighted by Gasteiger charge is -2.00. The number of carbonyl (C=O) groups excluding carboxylic acids is 1. The van der Waals surface area contributed by atoms with Gasteiger partial charge in [0, 0.05) is 19.6 Å². The van der Waals surface area contributed by atoms with E-state index >= 15 is 0 Å². The molecular formula is C6H11NO2. The first kappa shape index (κ1) is 6.55. The van der Waals surface area contributed by atoms with Gasteiger partial charge in [-0.1, -0.05) is 0 Å². The van der Waals surface area contributed by atoms with Gasteiger partial charge in [-0.15, -0.1) is 0 Å². The fraction of sp³-hybridized carbons (Fsp3) is 0.833. The molecular weight excluding hydrogens is 118 g/mol. The van der Waals surface area contributed by atoms with Crippen molar-refractivity contribution in [3.63, 3.8) is 0 Å². The van der Waals surface area contributed by atoms with Crippen LogP contribution in [0, 0.1) is 5.92 Å². The zero-order valence-electron chi connectivity index (χ0n) is 5.26. The maximum absolute atomic E-state index is 10.5. The lowest BCUT2D eigenvalue weighted by molar-refractivity contribution is -0.119. The summed E-state index contributed by atoms with van der Waals surface area (Å²) in [6.07, 6.45) is 1.35. The summed E-state index contributed by atoms with van der Waals surface area (Å²) >= 11 is 0. The van der Waals surface area contributed by atoms with Gasteiger partial charge >= 0.3 is 0 Å². The van der Waals surface area contributed by atoms with Gasteiger partial charge in [-0.3, -0.25) is 4.79 Å². The number of hydrogen-bond donors (Lipinski definition) is 2. The average Bonchev–Trinajstić information content (AvgIpc) is 2.17. The van der Waals surface area contributed by atoms with Crippen LogP contribution in [0.3, 0.4) is 0 Å². The molecule has 0 aromatic carbocycles. The van der Waals surface area contributed by atoms with Crippen LogP contribution in [-0.2, 0) is 4.79 Å². The minimum Gasteiger partial charge on any atom is -0.396 e. The molecule has 1 atom stereocenters. The first-order chi connectivity index (χ1) is 4.33. The Hall–Kier alpha value is -0.570. The second-order valence-electron chi connectivity index (χ2n) is 2.39. The minimum atomic E-state index is 0.119. The molecule has 0 spiro atoms. The Labute approximate surface area is 54.1 Å². The van der Waals surface area contributed by atoms with E-state index in [2.05, 4.69) is 5.32 Å². The number of nitrogens with one attached hydrogen (secondary N) is 1. The van der Waals surface area contributed by atoms with E-state index in [9.17, 15) is 4.79 Å². The first-order valence-electron chi connectivity index (χ1n) is 3.20. The second-order valence-corrected chi connectivity index (χ2v) is 2.39. The molecule has 0 aromatic rings. The number of carbonyl (C=O) groups is 1. The molecule has 0 aromatic heterocycles. The van der Waals surface area contributed by atoms with Crippen LogP contribution in [0.25, 0.3) is 0 Å². The van der Waals surface area contributed by atoms with E-state index in [1.807, 2.05) is 0 Å². The van der Waals surface area contributed by atoms with Crippen molar-refractivity contribution >= 4 is 5.91 Å². The van der Waals surface area contributed by atoms with Gasteiger partial charge in [0.2, 0.25) is 5.91 Å². The largest absolute Gasteiger partial charge is 0.396 e. The van der Waals surface area contributed by atoms with Crippen LogP contribution in [0.5, 0.6) is 0 Å². The smallest absolute Gasteiger partial charge is 0.220 e. The molecule has 9 heavy (non-hydrogen) atoms. The lowest BCUT2D eigenvalue weighted by atomic mass is 10.1. The summed E-state index contributed by atoms with van der Waals surface area (Å²) in [5, 5.41) is 11.2. The normalized spacial score (nSPS) is 26.3. The topological polar surface area (TPSA) is 49.3 Å². The molecule has 3 nitrogen and oxygen atoms in total. The molecule has 1 fully saturated rings. The van der Waals surface area contributed by atoms with E-state index in [0.717, 1.165) is 13.0 Å². The minimum absolute atomic E-state index is 0.119. The number of hydrogen-bond acceptors (Lipinski definition) is 2. The highest BCUT2D eigenvalue weighted by Crippen LogP contribution is 2.11. The van der Waals surface area contributed by atoms with Crippen molar-refractivity contribution in [2.75, 3.05) is 13.2 Å². The van der Waals surface area contributed by atoms with E-state index in [1.165, 1.54) is 0 Å². The molecule has 1 amide bonds. The summed E-state index contributed by atoms with van der Waals surface area (Å²) < 4.78 is 0. The van der Waals surface area contributed by atoms with E-state index in [0.29, 0.717) is 12.3 Å². The molecule has 1 heterocycles. The highest BCUT2D eigenvalue weighted by molar-refractivity contribution is 5.78. The fourth-order valence-corrected chi connectivity index (χ4v) is 1.05. The third-order valence-corrected chi connectivity index (χ3v) is 1.60. The summed E-state index contributed by atoms with van der Waals surface area (Å²) in [4.78, 5) is 10.5. The molecule has 0 bridgehead atoms. The van der Waals surface area contributed by atoms with Gasteiger partial charge < -0.3 is 10.4 Å². The van der Waals surface area contributed by atoms with Crippen LogP contribution in [-0.4, -0.2) is 24.2 Å². The summed E-state index contributed by atoms with van der Waals surface area (Å²) in [7, 11) is 0. The average molecular weight is 129 g/mol. The predicted octanol–water partition coefficient (Wildman–Crippen LogP) is -0.495. The zero-order valence-corrected chi connectivity index (χ0v) is 5.26. The fourth-order valence-electron chi connectivity index (χ4n) is 1.05. The molecule has 0 radical (unpaired) electrons. The summed E-state index contributed by atoms with van der Waals surface area (Å²) in [5.41, 5.74) is 0. The number of aliphatic hydroxyl groups is 1. The van der Waals surface area contributed by atoms with Crippen molar-refractivity contribution in [1.29, 1.82) is 0 Å². The highest BCUT2D eigenvalue weighted by atomic mass is 16.3. The van der Waals surface area contributed by atoms with E-state index in [-0.39, 0.29) is 12.5 Å². The first-order valence-corrected chi connectivity index (χ1v) is 3.20. The Balaban J connectivity index is 2.22. The van der Waals surface area contributed by atoms with Crippen molar-refractivity contribution in [2.45, 2.75) is 12.8 Å². The summed E-state index contributed by atoms with van der Waals surface area (Å²) in [6.45, 7) is 0.943. The molecule has 52 valence electrons. The van der Waals surface area contributed by atoms with Gasteiger partial charge in [0.15, 0.2) is 0 Å². The maximum Gasteiger partial charge on any atom is 0.220 e. The summed E-state index contributed by atoms with van der Waals surface area (Å²) in [5.74, 6) is 0.496. The molecule has 3 heteroatoms. The van der Waals surface area contributed by atoms with Crippen molar-refractivity contribution < 1.29 is 9.90 Å². The Kier molecular flexibility index (Phi) is 2.05. The molecule has 1 rings (SSSR count). The van der Waals surface area contributed by atoms with Gasteiger partial charge in [-0.2, -0.15) is 0 Å². The van der Waals surface area contributed by atoms with Crippen molar-refractivity contribution in [3.05, 3.63) is 0 Å². The maximum atomic E-state index is 10.5. The quantitative estimate of drug-likeness (QED) is 0.528. The Morgan fingerprint density at radius 2 is 2.56 bits per heavy atom. The number of amides is 1. The van der Waals surface area contributed by atoms with Crippen LogP contribution in [0.2, 0.25) is 0 Å². The van der Waals surface area contributed by atoms with Gasteiger partial charge in [-0.05, 0) is 12.3 Å². The molecule has 0 saturated carbocycles. The SMILES string of the molecule is O=C1CC(CCO)CN1. The molecule has 1 saturated heterocycles. The van der Waals surface area contributed by atoms with Crippen LogP contribution in [0.4, 0.5) is 0 Å². The predicted molar refractivity (Wildman–Crippen MR) is 32.8 cm³/mol. The second kappa shape index (κ2) is 2.82. The molecule has 0 aliphatic carbocycles. The molecule has 1 aliphatic rings. The van der Waals surface area contributed by atoms with Gasteiger partial charge in [0.1, 0.15) is 0 Å². The third kappa shape index (κ3) is 1.68. The Morgan fingerprint density at radius 3 is 3.00 bits per heavy atom. The van der Waals surface area contributed by atoms with Crippen LogP contribution in [0.15, 0.2) is 0 Å². The highest BCUT2D eigenvalue weighted by Gasteiger charge is 2.19. The van der Waals surface area contributed by atoms with Crippen molar-refractivity contribution in [3.8, 4) is 0 Å². The zero-order chi connectivity index (χ0) is 6.69. The van der Waals surface area contributed by atoms with Gasteiger partial charge in [0.05, 0.1) is 0 Å². The lowest BCUT2D eigenvalue weighted by Crippen LogP contribution is -2.14. The Bertz CT molecular complexity index is 114. The summed E-state index contributed by atoms with van der Waals surface area (Å²) in [6, 6.07) is 0. The molecule has 2 N–H and O–H groups in total. The van der Waals surface area contributed by atoms with Crippen LogP contribution >= 0.6 is 0 Å². The Morgan fingerprint density at radius 1 is 1.78 bits per heavy atom. The van der Waals surface area contributed by atoms with Crippen molar-refractivity contribution in [1.82, 2.24) is 5.32 Å². The number of aliphatic hydroxyl groups excluding tert-OH is 1. The van der Waals surface area contributed by atoms with E-state index in [4.69, 9.17) is 5.11 Å². The molecule has 1 unspecified atom stereocenters. The third-order valence-electron chi connectivity index (χ3n) is 1.60. The standard InChI is InChI=1S/C6H11NO2/c8-2-1-5-3-6(9)7-4-5/h5,8H,1-4H2,(H,7,9). The van der Waals surface area contributed by atoms with Crippen LogP contribution < -0.4 is 5.32 Å². The van der Waals surface area contributed by atoms with Gasteiger partial charge in [0.25, 0.3) is 0 Å².